The normalized spacial score (nSPS) is 18.6. The van der Waals surface area contributed by atoms with Crippen molar-refractivity contribution in [1.82, 2.24) is 0 Å². The maximum absolute atomic E-state index is 10.1. The van der Waals surface area contributed by atoms with Crippen LogP contribution in [-0.2, 0) is 0 Å². The van der Waals surface area contributed by atoms with E-state index in [-0.39, 0.29) is 0 Å². The second kappa shape index (κ2) is 4.83. The molecule has 1 atom stereocenters. The summed E-state index contributed by atoms with van der Waals surface area (Å²) >= 11 is 0. The third kappa shape index (κ3) is 2.12. The molecule has 1 N–H and O–H groups in total. The van der Waals surface area contributed by atoms with Crippen molar-refractivity contribution < 1.29 is 9.84 Å². The lowest BCUT2D eigenvalue weighted by atomic mass is 9.98. The molecule has 1 heterocycles. The van der Waals surface area contributed by atoms with Crippen LogP contribution in [0.4, 0.5) is 0 Å². The highest BCUT2D eigenvalue weighted by molar-refractivity contribution is 5.65. The molecule has 0 spiro atoms. The molecule has 0 saturated carbocycles. The number of aliphatic hydroxyl groups is 1. The molecule has 0 radical (unpaired) electrons. The van der Waals surface area contributed by atoms with Gasteiger partial charge in [-0.25, -0.2) is 0 Å². The molecule has 2 heteroatoms. The first-order valence-electron chi connectivity index (χ1n) is 6.35. The Morgan fingerprint density at radius 3 is 2.67 bits per heavy atom. The molecule has 2 aromatic rings. The predicted octanol–water partition coefficient (Wildman–Crippen LogP) is 3.56. The molecule has 3 rings (SSSR count). The van der Waals surface area contributed by atoms with Crippen molar-refractivity contribution in [2.45, 2.75) is 18.9 Å². The Labute approximate surface area is 107 Å². The third-order valence-corrected chi connectivity index (χ3v) is 3.36. The number of aliphatic hydroxyl groups excluding tert-OH is 1. The number of ether oxygens (including phenoxy) is 1. The lowest BCUT2D eigenvalue weighted by Gasteiger charge is -2.13. The van der Waals surface area contributed by atoms with Crippen LogP contribution >= 0.6 is 0 Å². The standard InChI is InChI=1S/C16H16O2/c17-15-7-4-10-18-16-9-8-13(11-14(15)16)12-5-2-1-3-6-12/h1-3,5-6,8-9,11,15,17H,4,7,10H2. The fraction of sp³-hybridized carbons (Fsp3) is 0.250. The minimum atomic E-state index is -0.411. The van der Waals surface area contributed by atoms with Gasteiger partial charge in [-0.05, 0) is 36.1 Å². The maximum atomic E-state index is 10.1. The Kier molecular flexibility index (Phi) is 3.03. The van der Waals surface area contributed by atoms with E-state index >= 15 is 0 Å². The van der Waals surface area contributed by atoms with E-state index in [1.165, 1.54) is 0 Å². The summed E-state index contributed by atoms with van der Waals surface area (Å²) < 4.78 is 5.65. The first kappa shape index (κ1) is 11.3. The third-order valence-electron chi connectivity index (χ3n) is 3.36. The Morgan fingerprint density at radius 1 is 1.00 bits per heavy atom. The lowest BCUT2D eigenvalue weighted by molar-refractivity contribution is 0.167. The molecule has 18 heavy (non-hydrogen) atoms. The molecule has 0 bridgehead atoms. The van der Waals surface area contributed by atoms with Crippen molar-refractivity contribution in [3.05, 3.63) is 54.1 Å². The van der Waals surface area contributed by atoms with E-state index in [1.807, 2.05) is 36.4 Å². The van der Waals surface area contributed by atoms with E-state index < -0.39 is 6.10 Å². The summed E-state index contributed by atoms with van der Waals surface area (Å²) in [5.41, 5.74) is 3.20. The highest BCUT2D eigenvalue weighted by atomic mass is 16.5. The summed E-state index contributed by atoms with van der Waals surface area (Å²) in [6.45, 7) is 0.689. The van der Waals surface area contributed by atoms with Gasteiger partial charge in [0.1, 0.15) is 5.75 Å². The molecule has 1 unspecified atom stereocenters. The molecule has 2 nitrogen and oxygen atoms in total. The summed E-state index contributed by atoms with van der Waals surface area (Å²) in [4.78, 5) is 0. The highest BCUT2D eigenvalue weighted by Crippen LogP contribution is 2.34. The van der Waals surface area contributed by atoms with Gasteiger partial charge in [-0.15, -0.1) is 0 Å². The fourth-order valence-electron chi connectivity index (χ4n) is 2.36. The molecule has 1 aliphatic rings. The smallest absolute Gasteiger partial charge is 0.125 e. The Hall–Kier alpha value is -1.80. The molecule has 1 aliphatic heterocycles. The van der Waals surface area contributed by atoms with Gasteiger partial charge in [-0.1, -0.05) is 36.4 Å². The molecule has 0 aliphatic carbocycles. The van der Waals surface area contributed by atoms with Gasteiger partial charge in [0.25, 0.3) is 0 Å². The van der Waals surface area contributed by atoms with Crippen LogP contribution in [0.25, 0.3) is 11.1 Å². The quantitative estimate of drug-likeness (QED) is 0.825. The Bertz CT molecular complexity index is 534. The van der Waals surface area contributed by atoms with Crippen molar-refractivity contribution in [2.75, 3.05) is 6.61 Å². The number of rotatable bonds is 1. The zero-order valence-electron chi connectivity index (χ0n) is 10.2. The monoisotopic (exact) mass is 240 g/mol. The summed E-state index contributed by atoms with van der Waals surface area (Å²) in [7, 11) is 0. The van der Waals surface area contributed by atoms with Crippen molar-refractivity contribution in [3.63, 3.8) is 0 Å². The molecule has 0 amide bonds. The summed E-state index contributed by atoms with van der Waals surface area (Å²) in [6.07, 6.45) is 1.26. The van der Waals surface area contributed by atoms with Gasteiger partial charge in [0.05, 0.1) is 12.7 Å². The van der Waals surface area contributed by atoms with Crippen LogP contribution < -0.4 is 4.74 Å². The van der Waals surface area contributed by atoms with Gasteiger partial charge < -0.3 is 9.84 Å². The van der Waals surface area contributed by atoms with Gasteiger partial charge in [0.15, 0.2) is 0 Å². The zero-order chi connectivity index (χ0) is 12.4. The second-order valence-corrected chi connectivity index (χ2v) is 4.63. The van der Waals surface area contributed by atoms with Gasteiger partial charge in [0.2, 0.25) is 0 Å². The SMILES string of the molecule is OC1CCCOc2ccc(-c3ccccc3)cc21. The molecule has 0 saturated heterocycles. The minimum Gasteiger partial charge on any atom is -0.493 e. The van der Waals surface area contributed by atoms with Crippen LogP contribution in [-0.4, -0.2) is 11.7 Å². The van der Waals surface area contributed by atoms with Gasteiger partial charge in [0, 0.05) is 5.56 Å². The van der Waals surface area contributed by atoms with Crippen molar-refractivity contribution in [2.24, 2.45) is 0 Å². The van der Waals surface area contributed by atoms with Gasteiger partial charge in [-0.3, -0.25) is 0 Å². The number of fused-ring (bicyclic) bond motifs is 1. The van der Waals surface area contributed by atoms with E-state index in [2.05, 4.69) is 12.1 Å². The van der Waals surface area contributed by atoms with Crippen LogP contribution in [0.5, 0.6) is 5.75 Å². The van der Waals surface area contributed by atoms with Crippen molar-refractivity contribution >= 4 is 0 Å². The Morgan fingerprint density at radius 2 is 1.83 bits per heavy atom. The summed E-state index contributed by atoms with van der Waals surface area (Å²) in [5.74, 6) is 0.819. The lowest BCUT2D eigenvalue weighted by Crippen LogP contribution is -1.96. The van der Waals surface area contributed by atoms with Crippen LogP contribution in [0, 0.1) is 0 Å². The van der Waals surface area contributed by atoms with Crippen LogP contribution in [0.1, 0.15) is 24.5 Å². The number of hydrogen-bond donors (Lipinski definition) is 1. The van der Waals surface area contributed by atoms with Gasteiger partial charge in [-0.2, -0.15) is 0 Å². The van der Waals surface area contributed by atoms with Crippen LogP contribution in [0.15, 0.2) is 48.5 Å². The first-order chi connectivity index (χ1) is 8.84. The molecule has 0 fully saturated rings. The average molecular weight is 240 g/mol. The minimum absolute atomic E-state index is 0.411. The molecule has 2 aromatic carbocycles. The largest absolute Gasteiger partial charge is 0.493 e. The van der Waals surface area contributed by atoms with Crippen LogP contribution in [0.3, 0.4) is 0 Å². The fourth-order valence-corrected chi connectivity index (χ4v) is 2.36. The van der Waals surface area contributed by atoms with Gasteiger partial charge >= 0.3 is 0 Å². The number of benzene rings is 2. The molecular formula is C16H16O2. The summed E-state index contributed by atoms with van der Waals surface area (Å²) in [6, 6.07) is 16.3. The molecule has 92 valence electrons. The van der Waals surface area contributed by atoms with Crippen molar-refractivity contribution in [3.8, 4) is 16.9 Å². The van der Waals surface area contributed by atoms with E-state index in [1.54, 1.807) is 0 Å². The molecule has 0 aromatic heterocycles. The maximum Gasteiger partial charge on any atom is 0.125 e. The van der Waals surface area contributed by atoms with E-state index in [0.717, 1.165) is 35.3 Å². The van der Waals surface area contributed by atoms with Crippen LogP contribution in [0.2, 0.25) is 0 Å². The Balaban J connectivity index is 2.04. The summed E-state index contributed by atoms with van der Waals surface area (Å²) in [5, 5.41) is 10.1. The number of hydrogen-bond acceptors (Lipinski definition) is 2. The van der Waals surface area contributed by atoms with E-state index in [9.17, 15) is 5.11 Å². The molecular weight excluding hydrogens is 224 g/mol. The predicted molar refractivity (Wildman–Crippen MR) is 71.6 cm³/mol. The van der Waals surface area contributed by atoms with Crippen molar-refractivity contribution in [1.29, 1.82) is 0 Å². The second-order valence-electron chi connectivity index (χ2n) is 4.63. The van der Waals surface area contributed by atoms with E-state index in [4.69, 9.17) is 4.74 Å². The highest BCUT2D eigenvalue weighted by Gasteiger charge is 2.17. The van der Waals surface area contributed by atoms with E-state index in [0.29, 0.717) is 6.61 Å². The topological polar surface area (TPSA) is 29.5 Å². The average Bonchev–Trinajstić information content (AvgIpc) is 2.62. The first-order valence-corrected chi connectivity index (χ1v) is 6.35. The zero-order valence-corrected chi connectivity index (χ0v) is 10.2.